The summed E-state index contributed by atoms with van der Waals surface area (Å²) in [5, 5.41) is 0. The maximum Gasteiger partial charge on any atom is 0.306 e. The topological polar surface area (TPSA) is 111 Å². The first-order chi connectivity index (χ1) is 30.5. The number of esters is 2. The number of ether oxygens (including phenoxy) is 2. The van der Waals surface area contributed by atoms with Gasteiger partial charge in [-0.3, -0.25) is 14.2 Å². The maximum absolute atomic E-state index is 12.7. The molecule has 0 N–H and O–H groups in total. The van der Waals surface area contributed by atoms with Gasteiger partial charge < -0.3 is 27.9 Å². The molecule has 0 aromatic rings. The van der Waals surface area contributed by atoms with E-state index in [1.807, 2.05) is 21.1 Å². The van der Waals surface area contributed by atoms with Gasteiger partial charge in [-0.15, -0.1) is 0 Å². The molecule has 0 radical (unpaired) electrons. The van der Waals surface area contributed by atoms with Crippen LogP contribution in [0.4, 0.5) is 0 Å². The highest BCUT2D eigenvalue weighted by molar-refractivity contribution is 7.45. The highest BCUT2D eigenvalue weighted by Gasteiger charge is 2.21. The minimum atomic E-state index is -4.62. The van der Waals surface area contributed by atoms with E-state index in [0.717, 1.165) is 38.5 Å². The highest BCUT2D eigenvalue weighted by atomic mass is 31.2. The first kappa shape index (κ1) is 61.5. The van der Waals surface area contributed by atoms with Crippen molar-refractivity contribution in [3.05, 3.63) is 24.3 Å². The summed E-state index contributed by atoms with van der Waals surface area (Å²) >= 11 is 0. The van der Waals surface area contributed by atoms with Crippen LogP contribution in [0.1, 0.15) is 251 Å². The predicted molar refractivity (Wildman–Crippen MR) is 264 cm³/mol. The number of carbonyl (C=O) groups is 2. The van der Waals surface area contributed by atoms with E-state index in [2.05, 4.69) is 38.2 Å². The van der Waals surface area contributed by atoms with E-state index in [9.17, 15) is 19.0 Å². The number of nitrogens with zero attached hydrogens (tertiary/aromatic N) is 1. The van der Waals surface area contributed by atoms with E-state index >= 15 is 0 Å². The molecule has 63 heavy (non-hydrogen) atoms. The molecule has 0 rings (SSSR count). The zero-order chi connectivity index (χ0) is 46.4. The molecule has 0 fully saturated rings. The standard InChI is InChI=1S/C53H102NO8P/c1-6-8-10-12-14-16-17-18-19-20-21-22-23-24-25-26-27-28-29-30-31-32-33-34-35-36-37-38-40-42-44-46-53(56)62-51(50-61-63(57,58)60-48-47-54(3,4)5)49-59-52(55)45-43-41-39-15-13-11-9-7-2/h17-18,20-21,51H,6-16,19,22-50H2,1-5H3/b18-17-,21-20-. The van der Waals surface area contributed by atoms with Crippen LogP contribution in [0.3, 0.4) is 0 Å². The Balaban J connectivity index is 3.94. The number of hydrogen-bond acceptors (Lipinski definition) is 8. The molecule has 0 saturated carbocycles. The maximum atomic E-state index is 12.7. The van der Waals surface area contributed by atoms with Crippen LogP contribution in [0.5, 0.6) is 0 Å². The summed E-state index contributed by atoms with van der Waals surface area (Å²) in [5.74, 6) is -0.827. The van der Waals surface area contributed by atoms with Gasteiger partial charge in [-0.1, -0.05) is 218 Å². The van der Waals surface area contributed by atoms with Gasteiger partial charge in [0.2, 0.25) is 0 Å². The predicted octanol–water partition coefficient (Wildman–Crippen LogP) is 15.2. The largest absolute Gasteiger partial charge is 0.756 e. The number of quaternary nitrogens is 1. The van der Waals surface area contributed by atoms with Crippen LogP contribution in [-0.4, -0.2) is 70.0 Å². The molecule has 0 heterocycles. The first-order valence-corrected chi connectivity index (χ1v) is 28.0. The minimum Gasteiger partial charge on any atom is -0.756 e. The molecule has 9 nitrogen and oxygen atoms in total. The molecule has 10 heteroatoms. The van der Waals surface area contributed by atoms with Gasteiger partial charge in [0.25, 0.3) is 7.82 Å². The van der Waals surface area contributed by atoms with Crippen LogP contribution in [0.2, 0.25) is 0 Å². The summed E-state index contributed by atoms with van der Waals surface area (Å²) in [4.78, 5) is 37.5. The van der Waals surface area contributed by atoms with Gasteiger partial charge in [-0.25, -0.2) is 0 Å². The fraction of sp³-hybridized carbons (Fsp3) is 0.887. The molecule has 0 spiro atoms. The van der Waals surface area contributed by atoms with Crippen molar-refractivity contribution >= 4 is 19.8 Å². The smallest absolute Gasteiger partial charge is 0.306 e. The van der Waals surface area contributed by atoms with Crippen molar-refractivity contribution in [1.29, 1.82) is 0 Å². The molecule has 0 aliphatic carbocycles. The number of unbranched alkanes of at least 4 members (excludes halogenated alkanes) is 31. The van der Waals surface area contributed by atoms with E-state index in [4.69, 9.17) is 18.5 Å². The minimum absolute atomic E-state index is 0.0277. The van der Waals surface area contributed by atoms with Crippen molar-refractivity contribution in [3.8, 4) is 0 Å². The lowest BCUT2D eigenvalue weighted by Gasteiger charge is -2.28. The molecule has 372 valence electrons. The first-order valence-electron chi connectivity index (χ1n) is 26.5. The van der Waals surface area contributed by atoms with Crippen molar-refractivity contribution in [2.75, 3.05) is 47.5 Å². The SMILES string of the molecule is CCCCCCC/C=C\C/C=C\CCCCCCCCCCCCCCCCCCCCCC(=O)OC(COC(=O)CCCCCCCCCC)COP(=O)([O-])OCC[N+](C)(C)C. The number of hydrogen-bond donors (Lipinski definition) is 0. The Bertz CT molecular complexity index is 1120. The molecule has 0 saturated heterocycles. The van der Waals surface area contributed by atoms with Crippen molar-refractivity contribution in [3.63, 3.8) is 0 Å². The van der Waals surface area contributed by atoms with Gasteiger partial charge in [0.15, 0.2) is 6.10 Å². The Kier molecular flexibility index (Phi) is 44.5. The summed E-state index contributed by atoms with van der Waals surface area (Å²) in [6, 6.07) is 0. The number of carbonyl (C=O) groups excluding carboxylic acids is 2. The van der Waals surface area contributed by atoms with Crippen LogP contribution in [0.15, 0.2) is 24.3 Å². The number of rotatable bonds is 49. The van der Waals surface area contributed by atoms with Gasteiger partial charge >= 0.3 is 11.9 Å². The summed E-state index contributed by atoms with van der Waals surface area (Å²) in [6.45, 7) is 4.21. The quantitative estimate of drug-likeness (QED) is 0.0195. The molecular formula is C53H102NO8P. The molecule has 0 aliphatic heterocycles. The van der Waals surface area contributed by atoms with Crippen LogP contribution >= 0.6 is 7.82 Å². The zero-order valence-electron chi connectivity index (χ0n) is 42.0. The molecule has 0 amide bonds. The van der Waals surface area contributed by atoms with Gasteiger partial charge in [0, 0.05) is 12.8 Å². The van der Waals surface area contributed by atoms with Crippen molar-refractivity contribution < 1.29 is 42.1 Å². The fourth-order valence-electron chi connectivity index (χ4n) is 7.57. The average molecular weight is 912 g/mol. The lowest BCUT2D eigenvalue weighted by molar-refractivity contribution is -0.870. The van der Waals surface area contributed by atoms with E-state index in [-0.39, 0.29) is 32.0 Å². The normalized spacial score (nSPS) is 13.6. The van der Waals surface area contributed by atoms with Crippen molar-refractivity contribution in [1.82, 2.24) is 0 Å². The van der Waals surface area contributed by atoms with Crippen LogP contribution < -0.4 is 4.89 Å². The second-order valence-electron chi connectivity index (χ2n) is 19.2. The number of likely N-dealkylation sites (N-methyl/N-ethyl adjacent to an activating group) is 1. The molecule has 0 aliphatic rings. The summed E-state index contributed by atoms with van der Waals surface area (Å²) in [6.07, 6.45) is 52.5. The third-order valence-electron chi connectivity index (χ3n) is 11.7. The van der Waals surface area contributed by atoms with E-state index in [0.29, 0.717) is 17.4 Å². The molecule has 0 aromatic heterocycles. The number of phosphoric ester groups is 1. The third-order valence-corrected chi connectivity index (χ3v) is 12.7. The Morgan fingerprint density at radius 1 is 0.492 bits per heavy atom. The van der Waals surface area contributed by atoms with Crippen molar-refractivity contribution in [2.24, 2.45) is 0 Å². The lowest BCUT2D eigenvalue weighted by atomic mass is 10.0. The molecule has 0 bridgehead atoms. The Hall–Kier alpha value is -1.51. The summed E-state index contributed by atoms with van der Waals surface area (Å²) in [5.41, 5.74) is 0. The molecule has 2 unspecified atom stereocenters. The van der Waals surface area contributed by atoms with Gasteiger partial charge in [0.05, 0.1) is 27.7 Å². The van der Waals surface area contributed by atoms with Gasteiger partial charge in [0.1, 0.15) is 19.8 Å². The van der Waals surface area contributed by atoms with E-state index in [1.54, 1.807) is 0 Å². The Morgan fingerprint density at radius 3 is 1.25 bits per heavy atom. The second-order valence-corrected chi connectivity index (χ2v) is 20.7. The van der Waals surface area contributed by atoms with E-state index < -0.39 is 26.5 Å². The molecular weight excluding hydrogens is 810 g/mol. The lowest BCUT2D eigenvalue weighted by Crippen LogP contribution is -2.37. The number of phosphoric acid groups is 1. The third kappa shape index (κ3) is 49.8. The average Bonchev–Trinajstić information content (AvgIpc) is 3.24. The summed E-state index contributed by atoms with van der Waals surface area (Å²) in [7, 11) is 1.18. The van der Waals surface area contributed by atoms with Crippen LogP contribution in [0.25, 0.3) is 0 Å². The molecule has 0 aromatic carbocycles. The van der Waals surface area contributed by atoms with E-state index in [1.165, 1.54) is 180 Å². The Labute approximate surface area is 389 Å². The summed E-state index contributed by atoms with van der Waals surface area (Å²) < 4.78 is 33.9. The second kappa shape index (κ2) is 45.6. The molecule has 2 atom stereocenters. The van der Waals surface area contributed by atoms with Gasteiger partial charge in [-0.05, 0) is 44.9 Å². The van der Waals surface area contributed by atoms with Gasteiger partial charge in [-0.2, -0.15) is 0 Å². The Morgan fingerprint density at radius 2 is 0.857 bits per heavy atom. The van der Waals surface area contributed by atoms with Crippen molar-refractivity contribution in [2.45, 2.75) is 258 Å². The monoisotopic (exact) mass is 912 g/mol. The van der Waals surface area contributed by atoms with Crippen LogP contribution in [-0.2, 0) is 32.7 Å². The highest BCUT2D eigenvalue weighted by Crippen LogP contribution is 2.38. The number of allylic oxidation sites excluding steroid dienone is 4. The zero-order valence-corrected chi connectivity index (χ0v) is 42.9. The van der Waals surface area contributed by atoms with Crippen LogP contribution in [0, 0.1) is 0 Å². The fourth-order valence-corrected chi connectivity index (χ4v) is 8.30.